The molecule has 1 N–H and O–H groups in total. The highest BCUT2D eigenvalue weighted by atomic mass is 16.5. The molecular weight excluding hydrogens is 294 g/mol. The molecule has 3 rings (SSSR count). The summed E-state index contributed by atoms with van der Waals surface area (Å²) >= 11 is 0. The normalized spacial score (nSPS) is 10.2. The number of aromatic nitrogens is 3. The standard InChI is InChI=1S/C10H7NO2.C7H12N2O/c12-10(13)9-6-5-7-3-1-2-4-8(7)11-9;1-9-5-4-8-7(9)3-6-10-2/h1-6H,(H,12,13);4-5H,3,6H2,1-2H3. The van der Waals surface area contributed by atoms with Crippen molar-refractivity contribution < 1.29 is 14.6 Å². The van der Waals surface area contributed by atoms with E-state index < -0.39 is 5.97 Å². The van der Waals surface area contributed by atoms with Crippen molar-refractivity contribution in [2.24, 2.45) is 7.05 Å². The number of carbonyl (C=O) groups is 1. The van der Waals surface area contributed by atoms with Crippen LogP contribution in [0.4, 0.5) is 0 Å². The zero-order chi connectivity index (χ0) is 16.7. The molecule has 0 unspecified atom stereocenters. The summed E-state index contributed by atoms with van der Waals surface area (Å²) in [6.07, 6.45) is 4.62. The summed E-state index contributed by atoms with van der Waals surface area (Å²) in [6, 6.07) is 10.7. The molecule has 6 nitrogen and oxygen atoms in total. The second-order valence-electron chi connectivity index (χ2n) is 4.89. The predicted molar refractivity (Wildman–Crippen MR) is 87.5 cm³/mol. The molecule has 2 aromatic heterocycles. The molecule has 0 spiro atoms. The van der Waals surface area contributed by atoms with Gasteiger partial charge in [-0.05, 0) is 12.1 Å². The van der Waals surface area contributed by atoms with Crippen molar-refractivity contribution in [2.75, 3.05) is 13.7 Å². The van der Waals surface area contributed by atoms with Crippen LogP contribution < -0.4 is 0 Å². The second kappa shape index (κ2) is 8.05. The van der Waals surface area contributed by atoms with Crippen LogP contribution in [0.15, 0.2) is 48.8 Å². The Labute approximate surface area is 134 Å². The van der Waals surface area contributed by atoms with Crippen molar-refractivity contribution in [3.63, 3.8) is 0 Å². The van der Waals surface area contributed by atoms with E-state index in [0.29, 0.717) is 5.52 Å². The van der Waals surface area contributed by atoms with Gasteiger partial charge in [0.25, 0.3) is 0 Å². The minimum atomic E-state index is -0.995. The molecule has 0 atom stereocenters. The number of hydrogen-bond acceptors (Lipinski definition) is 4. The van der Waals surface area contributed by atoms with Crippen molar-refractivity contribution in [3.8, 4) is 0 Å². The van der Waals surface area contributed by atoms with Crippen LogP contribution >= 0.6 is 0 Å². The summed E-state index contributed by atoms with van der Waals surface area (Å²) < 4.78 is 6.92. The maximum Gasteiger partial charge on any atom is 0.354 e. The number of ether oxygens (including phenoxy) is 1. The fourth-order valence-electron chi connectivity index (χ4n) is 2.02. The molecule has 2 heterocycles. The first-order chi connectivity index (χ1) is 11.1. The molecule has 120 valence electrons. The topological polar surface area (TPSA) is 77.2 Å². The fourth-order valence-corrected chi connectivity index (χ4v) is 2.02. The van der Waals surface area contributed by atoms with E-state index in [4.69, 9.17) is 9.84 Å². The third-order valence-corrected chi connectivity index (χ3v) is 3.27. The smallest absolute Gasteiger partial charge is 0.354 e. The highest BCUT2D eigenvalue weighted by Crippen LogP contribution is 2.11. The van der Waals surface area contributed by atoms with Crippen LogP contribution in [-0.2, 0) is 18.2 Å². The van der Waals surface area contributed by atoms with Crippen LogP contribution in [0.3, 0.4) is 0 Å². The maximum atomic E-state index is 10.6. The fraction of sp³-hybridized carbons (Fsp3) is 0.235. The monoisotopic (exact) mass is 313 g/mol. The molecule has 0 aliphatic rings. The van der Waals surface area contributed by atoms with E-state index in [2.05, 4.69) is 9.97 Å². The predicted octanol–water partition coefficient (Wildman–Crippen LogP) is 2.54. The van der Waals surface area contributed by atoms with Gasteiger partial charge < -0.3 is 14.4 Å². The second-order valence-corrected chi connectivity index (χ2v) is 4.89. The third-order valence-electron chi connectivity index (χ3n) is 3.27. The zero-order valence-electron chi connectivity index (χ0n) is 13.1. The lowest BCUT2D eigenvalue weighted by atomic mass is 10.2. The number of rotatable bonds is 4. The number of para-hydroxylation sites is 1. The van der Waals surface area contributed by atoms with E-state index in [1.807, 2.05) is 36.0 Å². The van der Waals surface area contributed by atoms with Crippen LogP contribution in [0.25, 0.3) is 10.9 Å². The maximum absolute atomic E-state index is 10.6. The molecule has 6 heteroatoms. The van der Waals surface area contributed by atoms with Gasteiger partial charge in [-0.15, -0.1) is 0 Å². The molecule has 23 heavy (non-hydrogen) atoms. The first kappa shape index (κ1) is 16.6. The van der Waals surface area contributed by atoms with Gasteiger partial charge in [0.2, 0.25) is 0 Å². The first-order valence-electron chi connectivity index (χ1n) is 7.16. The van der Waals surface area contributed by atoms with Gasteiger partial charge in [-0.2, -0.15) is 0 Å². The van der Waals surface area contributed by atoms with E-state index in [-0.39, 0.29) is 5.69 Å². The van der Waals surface area contributed by atoms with Crippen LogP contribution in [0.2, 0.25) is 0 Å². The van der Waals surface area contributed by atoms with Crippen molar-refractivity contribution in [3.05, 3.63) is 60.3 Å². The Morgan fingerprint density at radius 2 is 2.04 bits per heavy atom. The number of aromatic carboxylic acids is 1. The lowest BCUT2D eigenvalue weighted by Crippen LogP contribution is -2.01. The highest BCUT2D eigenvalue weighted by Gasteiger charge is 2.03. The minimum Gasteiger partial charge on any atom is -0.477 e. The molecule has 0 saturated heterocycles. The Hall–Kier alpha value is -2.73. The Morgan fingerprint density at radius 3 is 2.70 bits per heavy atom. The van der Waals surface area contributed by atoms with E-state index in [9.17, 15) is 4.79 Å². The quantitative estimate of drug-likeness (QED) is 0.801. The SMILES string of the molecule is COCCc1nccn1C.O=C(O)c1ccc2ccccc2n1. The molecular formula is C17H19N3O3. The largest absolute Gasteiger partial charge is 0.477 e. The summed E-state index contributed by atoms with van der Waals surface area (Å²) in [5.41, 5.74) is 0.793. The lowest BCUT2D eigenvalue weighted by Gasteiger charge is -1.98. The highest BCUT2D eigenvalue weighted by molar-refractivity contribution is 5.89. The van der Waals surface area contributed by atoms with Gasteiger partial charge in [0.1, 0.15) is 11.5 Å². The van der Waals surface area contributed by atoms with Crippen LogP contribution in [-0.4, -0.2) is 39.3 Å². The lowest BCUT2D eigenvalue weighted by molar-refractivity contribution is 0.0691. The van der Waals surface area contributed by atoms with Gasteiger partial charge in [-0.1, -0.05) is 24.3 Å². The number of hydrogen-bond donors (Lipinski definition) is 1. The number of aryl methyl sites for hydroxylation is 1. The van der Waals surface area contributed by atoms with Crippen LogP contribution in [0.5, 0.6) is 0 Å². The Morgan fingerprint density at radius 1 is 1.26 bits per heavy atom. The van der Waals surface area contributed by atoms with E-state index >= 15 is 0 Å². The number of nitrogens with zero attached hydrogens (tertiary/aromatic N) is 3. The summed E-state index contributed by atoms with van der Waals surface area (Å²) in [5.74, 6) is 0.0765. The summed E-state index contributed by atoms with van der Waals surface area (Å²) in [5, 5.41) is 9.63. The molecule has 0 saturated carbocycles. The summed E-state index contributed by atoms with van der Waals surface area (Å²) in [4.78, 5) is 18.7. The molecule has 0 aliphatic heterocycles. The Balaban J connectivity index is 0.000000174. The number of benzene rings is 1. The average Bonchev–Trinajstić information content (AvgIpc) is 2.98. The van der Waals surface area contributed by atoms with Crippen LogP contribution in [0, 0.1) is 0 Å². The van der Waals surface area contributed by atoms with Crippen molar-refractivity contribution in [2.45, 2.75) is 6.42 Å². The number of pyridine rings is 1. The number of methoxy groups -OCH3 is 1. The number of fused-ring (bicyclic) bond motifs is 1. The molecule has 0 amide bonds. The molecule has 0 bridgehead atoms. The Bertz CT molecular complexity index is 783. The van der Waals surface area contributed by atoms with Gasteiger partial charge in [-0.3, -0.25) is 0 Å². The third kappa shape index (κ3) is 4.62. The van der Waals surface area contributed by atoms with Gasteiger partial charge in [0, 0.05) is 38.4 Å². The number of carboxylic acid groups (broad SMARTS) is 1. The van der Waals surface area contributed by atoms with Gasteiger partial charge >= 0.3 is 5.97 Å². The Kier molecular flexibility index (Phi) is 5.82. The van der Waals surface area contributed by atoms with Crippen molar-refractivity contribution >= 4 is 16.9 Å². The molecule has 0 radical (unpaired) electrons. The molecule has 1 aromatic carbocycles. The molecule has 0 fully saturated rings. The molecule has 0 aliphatic carbocycles. The van der Waals surface area contributed by atoms with Gasteiger partial charge in [0.15, 0.2) is 0 Å². The van der Waals surface area contributed by atoms with E-state index in [1.54, 1.807) is 25.4 Å². The van der Waals surface area contributed by atoms with Gasteiger partial charge in [0.05, 0.1) is 12.1 Å². The number of carboxylic acids is 1. The minimum absolute atomic E-state index is 0.0821. The van der Waals surface area contributed by atoms with Crippen molar-refractivity contribution in [1.29, 1.82) is 0 Å². The van der Waals surface area contributed by atoms with E-state index in [1.165, 1.54) is 6.07 Å². The number of imidazole rings is 1. The van der Waals surface area contributed by atoms with Crippen molar-refractivity contribution in [1.82, 2.24) is 14.5 Å². The van der Waals surface area contributed by atoms with Gasteiger partial charge in [-0.25, -0.2) is 14.8 Å². The first-order valence-corrected chi connectivity index (χ1v) is 7.16. The summed E-state index contributed by atoms with van der Waals surface area (Å²) in [7, 11) is 3.68. The average molecular weight is 313 g/mol. The van der Waals surface area contributed by atoms with Crippen LogP contribution in [0.1, 0.15) is 16.3 Å². The summed E-state index contributed by atoms with van der Waals surface area (Å²) in [6.45, 7) is 0.741. The zero-order valence-corrected chi connectivity index (χ0v) is 13.1. The molecule has 3 aromatic rings. The van der Waals surface area contributed by atoms with E-state index in [0.717, 1.165) is 24.2 Å².